The van der Waals surface area contributed by atoms with E-state index < -0.39 is 0 Å². The molecule has 2 nitrogen and oxygen atoms in total. The lowest BCUT2D eigenvalue weighted by Crippen LogP contribution is -1.93. The van der Waals surface area contributed by atoms with Crippen LogP contribution < -0.4 is 5.73 Å². The topological polar surface area (TPSA) is 38.9 Å². The number of nitrogen functional groups attached to an aromatic ring is 1. The highest BCUT2D eigenvalue weighted by atomic mass is 32.1. The second kappa shape index (κ2) is 3.42. The predicted molar refractivity (Wildman–Crippen MR) is 61.4 cm³/mol. The minimum atomic E-state index is 0.753. The van der Waals surface area contributed by atoms with Crippen molar-refractivity contribution in [1.29, 1.82) is 0 Å². The first-order valence-electron chi connectivity index (χ1n) is 4.46. The van der Waals surface area contributed by atoms with Gasteiger partial charge < -0.3 is 5.73 Å². The zero-order chi connectivity index (χ0) is 10.1. The highest BCUT2D eigenvalue weighted by molar-refractivity contribution is 7.13. The number of thiophene rings is 1. The number of hydrogen-bond donors (Lipinski definition) is 1. The molecule has 0 radical (unpaired) electrons. The van der Waals surface area contributed by atoms with Crippen molar-refractivity contribution >= 4 is 17.0 Å². The smallest absolute Gasteiger partial charge is 0.0809 e. The van der Waals surface area contributed by atoms with Crippen LogP contribution in [0.3, 0.4) is 0 Å². The maximum atomic E-state index is 5.72. The number of aromatic nitrogens is 1. The van der Waals surface area contributed by atoms with E-state index in [4.69, 9.17) is 5.73 Å². The fourth-order valence-electron chi connectivity index (χ4n) is 1.33. The molecule has 2 rings (SSSR count). The molecule has 0 aromatic carbocycles. The van der Waals surface area contributed by atoms with Crippen LogP contribution in [0.5, 0.6) is 0 Å². The van der Waals surface area contributed by atoms with Crippen molar-refractivity contribution in [2.24, 2.45) is 0 Å². The average molecular weight is 204 g/mol. The molecule has 2 N–H and O–H groups in total. The number of anilines is 1. The molecule has 2 heterocycles. The van der Waals surface area contributed by atoms with Gasteiger partial charge in [-0.1, -0.05) is 0 Å². The third-order valence-corrected chi connectivity index (χ3v) is 3.26. The van der Waals surface area contributed by atoms with E-state index in [0.29, 0.717) is 0 Å². The van der Waals surface area contributed by atoms with Gasteiger partial charge in [0.2, 0.25) is 0 Å². The minimum absolute atomic E-state index is 0.753. The monoisotopic (exact) mass is 204 g/mol. The Labute approximate surface area is 87.4 Å². The molecule has 0 aliphatic rings. The Morgan fingerprint density at radius 1 is 1.21 bits per heavy atom. The molecule has 0 fully saturated rings. The molecule has 0 bridgehead atoms. The first-order valence-corrected chi connectivity index (χ1v) is 5.34. The Kier molecular flexibility index (Phi) is 2.25. The molecular formula is C11H12N2S. The molecule has 0 saturated heterocycles. The lowest BCUT2D eigenvalue weighted by molar-refractivity contribution is 1.21. The zero-order valence-electron chi connectivity index (χ0n) is 8.24. The van der Waals surface area contributed by atoms with Gasteiger partial charge in [-0.2, -0.15) is 0 Å². The van der Waals surface area contributed by atoms with E-state index in [1.807, 2.05) is 19.1 Å². The van der Waals surface area contributed by atoms with Crippen molar-refractivity contribution in [2.75, 3.05) is 5.73 Å². The van der Waals surface area contributed by atoms with Crippen LogP contribution >= 0.6 is 11.3 Å². The maximum absolute atomic E-state index is 5.72. The highest BCUT2D eigenvalue weighted by Crippen LogP contribution is 2.28. The van der Waals surface area contributed by atoms with E-state index in [0.717, 1.165) is 17.1 Å². The lowest BCUT2D eigenvalue weighted by Gasteiger charge is -2.03. The SMILES string of the molecule is Cc1ccsc1-c1ccc(N)c(C)n1. The number of nitrogens with two attached hydrogens (primary N) is 1. The highest BCUT2D eigenvalue weighted by Gasteiger charge is 2.05. The van der Waals surface area contributed by atoms with Crippen LogP contribution in [0.25, 0.3) is 10.6 Å². The molecule has 0 saturated carbocycles. The van der Waals surface area contributed by atoms with Crippen LogP contribution in [-0.2, 0) is 0 Å². The normalized spacial score (nSPS) is 10.4. The predicted octanol–water partition coefficient (Wildman–Crippen LogP) is 3.01. The summed E-state index contributed by atoms with van der Waals surface area (Å²) < 4.78 is 0. The van der Waals surface area contributed by atoms with Crippen molar-refractivity contribution in [3.05, 3.63) is 34.8 Å². The molecule has 0 aliphatic carbocycles. The minimum Gasteiger partial charge on any atom is -0.397 e. The molecule has 14 heavy (non-hydrogen) atoms. The Morgan fingerprint density at radius 3 is 2.57 bits per heavy atom. The second-order valence-electron chi connectivity index (χ2n) is 3.30. The number of pyridine rings is 1. The molecule has 3 heteroatoms. The van der Waals surface area contributed by atoms with Crippen LogP contribution in [0, 0.1) is 13.8 Å². The Morgan fingerprint density at radius 2 is 2.00 bits per heavy atom. The maximum Gasteiger partial charge on any atom is 0.0809 e. The summed E-state index contributed by atoms with van der Waals surface area (Å²) in [5, 5.41) is 2.08. The fourth-order valence-corrected chi connectivity index (χ4v) is 2.23. The Hall–Kier alpha value is -1.35. The molecule has 0 unspecified atom stereocenters. The number of nitrogens with zero attached hydrogens (tertiary/aromatic N) is 1. The average Bonchev–Trinajstić information content (AvgIpc) is 2.57. The van der Waals surface area contributed by atoms with E-state index in [1.54, 1.807) is 11.3 Å². The van der Waals surface area contributed by atoms with Crippen molar-refractivity contribution < 1.29 is 0 Å². The Bertz CT molecular complexity index is 460. The standard InChI is InChI=1S/C11H12N2S/c1-7-5-6-14-11(7)10-4-3-9(12)8(2)13-10/h3-6H,12H2,1-2H3. The van der Waals surface area contributed by atoms with Gasteiger partial charge in [-0.3, -0.25) is 4.98 Å². The summed E-state index contributed by atoms with van der Waals surface area (Å²) in [6.07, 6.45) is 0. The van der Waals surface area contributed by atoms with Crippen LogP contribution in [0.15, 0.2) is 23.6 Å². The molecule has 0 aliphatic heterocycles. The molecule has 2 aromatic heterocycles. The summed E-state index contributed by atoms with van der Waals surface area (Å²) >= 11 is 1.71. The third-order valence-electron chi connectivity index (χ3n) is 2.22. The van der Waals surface area contributed by atoms with Gasteiger partial charge in [0.1, 0.15) is 0 Å². The van der Waals surface area contributed by atoms with E-state index >= 15 is 0 Å². The van der Waals surface area contributed by atoms with Crippen molar-refractivity contribution in [3.63, 3.8) is 0 Å². The van der Waals surface area contributed by atoms with Crippen molar-refractivity contribution in [3.8, 4) is 10.6 Å². The van der Waals surface area contributed by atoms with E-state index in [1.165, 1.54) is 10.4 Å². The van der Waals surface area contributed by atoms with Gasteiger partial charge in [-0.25, -0.2) is 0 Å². The van der Waals surface area contributed by atoms with Crippen LogP contribution in [0.1, 0.15) is 11.3 Å². The quantitative estimate of drug-likeness (QED) is 0.775. The first-order chi connectivity index (χ1) is 6.68. The molecule has 0 spiro atoms. The van der Waals surface area contributed by atoms with E-state index in [9.17, 15) is 0 Å². The van der Waals surface area contributed by atoms with Crippen molar-refractivity contribution in [2.45, 2.75) is 13.8 Å². The summed E-state index contributed by atoms with van der Waals surface area (Å²) in [6.45, 7) is 4.03. The summed E-state index contributed by atoms with van der Waals surface area (Å²) in [6, 6.07) is 5.99. The summed E-state index contributed by atoms with van der Waals surface area (Å²) in [7, 11) is 0. The number of rotatable bonds is 1. The van der Waals surface area contributed by atoms with Gasteiger partial charge in [-0.05, 0) is 43.0 Å². The van der Waals surface area contributed by atoms with E-state index in [-0.39, 0.29) is 0 Å². The summed E-state index contributed by atoms with van der Waals surface area (Å²) in [5.74, 6) is 0. The largest absolute Gasteiger partial charge is 0.397 e. The van der Waals surface area contributed by atoms with E-state index in [2.05, 4.69) is 23.4 Å². The van der Waals surface area contributed by atoms with Crippen LogP contribution in [0.2, 0.25) is 0 Å². The molecular weight excluding hydrogens is 192 g/mol. The summed E-state index contributed by atoms with van der Waals surface area (Å²) in [4.78, 5) is 5.69. The second-order valence-corrected chi connectivity index (χ2v) is 4.22. The third kappa shape index (κ3) is 1.51. The molecule has 0 atom stereocenters. The fraction of sp³-hybridized carbons (Fsp3) is 0.182. The van der Waals surface area contributed by atoms with Gasteiger partial charge in [0.25, 0.3) is 0 Å². The zero-order valence-corrected chi connectivity index (χ0v) is 9.06. The van der Waals surface area contributed by atoms with Gasteiger partial charge >= 0.3 is 0 Å². The Balaban J connectivity index is 2.53. The van der Waals surface area contributed by atoms with Gasteiger partial charge in [0.15, 0.2) is 0 Å². The lowest BCUT2D eigenvalue weighted by atomic mass is 10.2. The molecule has 0 amide bonds. The molecule has 2 aromatic rings. The number of aryl methyl sites for hydroxylation is 2. The molecule has 72 valence electrons. The summed E-state index contributed by atoms with van der Waals surface area (Å²) in [5.41, 5.74) is 9.66. The van der Waals surface area contributed by atoms with Crippen molar-refractivity contribution in [1.82, 2.24) is 4.98 Å². The first kappa shape index (κ1) is 9.21. The van der Waals surface area contributed by atoms with Gasteiger partial charge in [0, 0.05) is 0 Å². The van der Waals surface area contributed by atoms with Gasteiger partial charge in [0.05, 0.1) is 22.0 Å². The number of hydrogen-bond acceptors (Lipinski definition) is 3. The van der Waals surface area contributed by atoms with Crippen LogP contribution in [-0.4, -0.2) is 4.98 Å². The van der Waals surface area contributed by atoms with Gasteiger partial charge in [-0.15, -0.1) is 11.3 Å². The van der Waals surface area contributed by atoms with Crippen LogP contribution in [0.4, 0.5) is 5.69 Å².